The summed E-state index contributed by atoms with van der Waals surface area (Å²) in [5, 5.41) is 0. The Morgan fingerprint density at radius 3 is 3.07 bits per heavy atom. The van der Waals surface area contributed by atoms with Crippen molar-refractivity contribution in [2.75, 3.05) is 20.1 Å². The summed E-state index contributed by atoms with van der Waals surface area (Å²) in [5.74, 6) is -0.147. The van der Waals surface area contributed by atoms with E-state index in [9.17, 15) is 4.39 Å². The molecule has 0 saturated carbocycles. The summed E-state index contributed by atoms with van der Waals surface area (Å²) in [6.07, 6.45) is 1.90. The molecule has 1 atom stereocenters. The van der Waals surface area contributed by atoms with Crippen molar-refractivity contribution in [3.63, 3.8) is 0 Å². The van der Waals surface area contributed by atoms with Crippen LogP contribution in [0, 0.1) is 5.82 Å². The van der Waals surface area contributed by atoms with Crippen molar-refractivity contribution in [1.29, 1.82) is 0 Å². The Hall–Kier alpha value is -0.930. The number of benzene rings is 1. The molecule has 15 heavy (non-hydrogen) atoms. The average molecular weight is 208 g/mol. The van der Waals surface area contributed by atoms with Crippen molar-refractivity contribution < 1.29 is 4.39 Å². The normalized spacial score (nSPS) is 21.4. The average Bonchev–Trinajstić information content (AvgIpc) is 2.23. The van der Waals surface area contributed by atoms with Gasteiger partial charge in [0.25, 0.3) is 0 Å². The Labute approximate surface area is 89.9 Å². The van der Waals surface area contributed by atoms with E-state index in [1.807, 2.05) is 6.07 Å². The van der Waals surface area contributed by atoms with Crippen molar-refractivity contribution in [3.05, 3.63) is 35.1 Å². The molecule has 0 aromatic heterocycles. The number of fused-ring (bicyclic) bond motifs is 1. The minimum atomic E-state index is -0.147. The van der Waals surface area contributed by atoms with Gasteiger partial charge in [0.05, 0.1) is 0 Å². The molecule has 0 spiro atoms. The van der Waals surface area contributed by atoms with E-state index < -0.39 is 0 Å². The molecule has 1 aromatic carbocycles. The number of nitrogens with two attached hydrogens (primary N) is 1. The van der Waals surface area contributed by atoms with Crippen LogP contribution in [0.25, 0.3) is 0 Å². The van der Waals surface area contributed by atoms with Gasteiger partial charge in [-0.15, -0.1) is 0 Å². The van der Waals surface area contributed by atoms with E-state index in [4.69, 9.17) is 5.73 Å². The van der Waals surface area contributed by atoms with Gasteiger partial charge in [-0.05, 0) is 49.7 Å². The van der Waals surface area contributed by atoms with E-state index in [0.717, 1.165) is 24.9 Å². The van der Waals surface area contributed by atoms with Crippen LogP contribution in [-0.4, -0.2) is 25.0 Å². The minimum absolute atomic E-state index is 0.147. The van der Waals surface area contributed by atoms with Crippen LogP contribution in [0.5, 0.6) is 0 Å². The first-order valence-electron chi connectivity index (χ1n) is 5.41. The third-order valence-electron chi connectivity index (χ3n) is 3.17. The Morgan fingerprint density at radius 1 is 1.53 bits per heavy atom. The first kappa shape index (κ1) is 10.6. The molecule has 0 saturated heterocycles. The quantitative estimate of drug-likeness (QED) is 0.801. The molecule has 1 aliphatic heterocycles. The lowest BCUT2D eigenvalue weighted by Crippen LogP contribution is -2.33. The zero-order chi connectivity index (χ0) is 10.8. The van der Waals surface area contributed by atoms with Crippen molar-refractivity contribution in [2.45, 2.75) is 18.9 Å². The van der Waals surface area contributed by atoms with Crippen LogP contribution in [0.1, 0.15) is 23.6 Å². The summed E-state index contributed by atoms with van der Waals surface area (Å²) >= 11 is 0. The minimum Gasteiger partial charge on any atom is -0.330 e. The second kappa shape index (κ2) is 4.29. The highest BCUT2D eigenvalue weighted by Crippen LogP contribution is 2.31. The van der Waals surface area contributed by atoms with Gasteiger partial charge in [-0.1, -0.05) is 6.07 Å². The first-order valence-corrected chi connectivity index (χ1v) is 5.41. The topological polar surface area (TPSA) is 29.3 Å². The van der Waals surface area contributed by atoms with Crippen molar-refractivity contribution in [3.8, 4) is 0 Å². The second-order valence-corrected chi connectivity index (χ2v) is 4.17. The monoisotopic (exact) mass is 208 g/mol. The molecule has 1 unspecified atom stereocenters. The molecule has 0 bridgehead atoms. The fourth-order valence-corrected chi connectivity index (χ4v) is 2.33. The summed E-state index contributed by atoms with van der Waals surface area (Å²) in [4.78, 5) is 2.26. The van der Waals surface area contributed by atoms with E-state index in [1.165, 1.54) is 5.56 Å². The van der Waals surface area contributed by atoms with Gasteiger partial charge < -0.3 is 5.73 Å². The number of likely N-dealkylation sites (N-methyl/N-ethyl adjacent to an activating group) is 1. The predicted molar refractivity (Wildman–Crippen MR) is 59.1 cm³/mol. The summed E-state index contributed by atoms with van der Waals surface area (Å²) in [6.45, 7) is 1.67. The summed E-state index contributed by atoms with van der Waals surface area (Å²) in [6, 6.07) is 5.39. The van der Waals surface area contributed by atoms with Gasteiger partial charge in [0.2, 0.25) is 0 Å². The van der Waals surface area contributed by atoms with Crippen molar-refractivity contribution in [2.24, 2.45) is 5.73 Å². The van der Waals surface area contributed by atoms with E-state index in [0.29, 0.717) is 6.54 Å². The molecule has 0 fully saturated rings. The molecule has 1 aromatic rings. The second-order valence-electron chi connectivity index (χ2n) is 4.17. The van der Waals surface area contributed by atoms with Gasteiger partial charge >= 0.3 is 0 Å². The maximum atomic E-state index is 13.2. The highest BCUT2D eigenvalue weighted by molar-refractivity contribution is 5.33. The van der Waals surface area contributed by atoms with Gasteiger partial charge in [0, 0.05) is 12.6 Å². The molecule has 1 heterocycles. The molecule has 2 nitrogen and oxygen atoms in total. The van der Waals surface area contributed by atoms with Crippen LogP contribution < -0.4 is 5.73 Å². The van der Waals surface area contributed by atoms with Crippen molar-refractivity contribution >= 4 is 0 Å². The standard InChI is InChI=1S/C12H17FN2/c1-15-7-5-9-2-3-10(13)8-11(9)12(15)4-6-14/h2-3,8,12H,4-7,14H2,1H3. The molecule has 2 N–H and O–H groups in total. The van der Waals surface area contributed by atoms with Crippen LogP contribution in [0.15, 0.2) is 18.2 Å². The number of halogens is 1. The van der Waals surface area contributed by atoms with Gasteiger partial charge in [-0.3, -0.25) is 4.90 Å². The van der Waals surface area contributed by atoms with Crippen LogP contribution in [-0.2, 0) is 6.42 Å². The highest BCUT2D eigenvalue weighted by atomic mass is 19.1. The van der Waals surface area contributed by atoms with E-state index in [-0.39, 0.29) is 11.9 Å². The predicted octanol–water partition coefficient (Wildman–Crippen LogP) is 1.70. The zero-order valence-corrected chi connectivity index (χ0v) is 9.04. The highest BCUT2D eigenvalue weighted by Gasteiger charge is 2.24. The Bertz CT molecular complexity index is 351. The largest absolute Gasteiger partial charge is 0.330 e. The Balaban J connectivity index is 2.36. The van der Waals surface area contributed by atoms with E-state index in [2.05, 4.69) is 11.9 Å². The fourth-order valence-electron chi connectivity index (χ4n) is 2.33. The van der Waals surface area contributed by atoms with Gasteiger partial charge in [-0.2, -0.15) is 0 Å². The molecular weight excluding hydrogens is 191 g/mol. The molecular formula is C12H17FN2. The van der Waals surface area contributed by atoms with E-state index >= 15 is 0 Å². The number of hydrogen-bond donors (Lipinski definition) is 1. The smallest absolute Gasteiger partial charge is 0.123 e. The van der Waals surface area contributed by atoms with Crippen molar-refractivity contribution in [1.82, 2.24) is 4.90 Å². The maximum absolute atomic E-state index is 13.2. The molecule has 0 amide bonds. The number of hydrogen-bond acceptors (Lipinski definition) is 2. The third kappa shape index (κ3) is 2.03. The van der Waals surface area contributed by atoms with Crippen LogP contribution in [0.4, 0.5) is 4.39 Å². The molecule has 0 radical (unpaired) electrons. The lowest BCUT2D eigenvalue weighted by atomic mass is 9.91. The fraction of sp³-hybridized carbons (Fsp3) is 0.500. The molecule has 2 rings (SSSR count). The van der Waals surface area contributed by atoms with Gasteiger partial charge in [-0.25, -0.2) is 4.39 Å². The molecule has 1 aliphatic rings. The SMILES string of the molecule is CN1CCc2ccc(F)cc2C1CCN. The lowest BCUT2D eigenvalue weighted by molar-refractivity contribution is 0.221. The Kier molecular flexibility index (Phi) is 3.03. The van der Waals surface area contributed by atoms with E-state index in [1.54, 1.807) is 12.1 Å². The van der Waals surface area contributed by atoms with Gasteiger partial charge in [0.15, 0.2) is 0 Å². The van der Waals surface area contributed by atoms with Crippen LogP contribution in [0.3, 0.4) is 0 Å². The number of nitrogens with zero attached hydrogens (tertiary/aromatic N) is 1. The zero-order valence-electron chi connectivity index (χ0n) is 9.04. The molecule has 3 heteroatoms. The maximum Gasteiger partial charge on any atom is 0.123 e. The lowest BCUT2D eigenvalue weighted by Gasteiger charge is -2.34. The van der Waals surface area contributed by atoms with Crippen LogP contribution >= 0.6 is 0 Å². The summed E-state index contributed by atoms with van der Waals surface area (Å²) in [7, 11) is 2.08. The summed E-state index contributed by atoms with van der Waals surface area (Å²) < 4.78 is 13.2. The van der Waals surface area contributed by atoms with Crippen LogP contribution in [0.2, 0.25) is 0 Å². The molecule has 0 aliphatic carbocycles. The third-order valence-corrected chi connectivity index (χ3v) is 3.17. The first-order chi connectivity index (χ1) is 7.22. The molecule has 82 valence electrons. The summed E-state index contributed by atoms with van der Waals surface area (Å²) in [5.41, 5.74) is 7.99. The van der Waals surface area contributed by atoms with Gasteiger partial charge in [0.1, 0.15) is 5.82 Å². The number of rotatable bonds is 2. The Morgan fingerprint density at radius 2 is 2.33 bits per heavy atom.